The minimum atomic E-state index is -0.125. The SMILES string of the molecule is COc1cccc(C(=O)N2CCS[C@@H]2c2cccc(Cl)c2Cl)c1. The molecule has 0 aromatic heterocycles. The highest BCUT2D eigenvalue weighted by atomic mass is 35.5. The van der Waals surface area contributed by atoms with Crippen molar-refractivity contribution in [2.45, 2.75) is 5.37 Å². The number of rotatable bonds is 3. The highest BCUT2D eigenvalue weighted by Gasteiger charge is 2.33. The maximum Gasteiger partial charge on any atom is 0.255 e. The molecule has 3 rings (SSSR count). The molecule has 1 fully saturated rings. The van der Waals surface area contributed by atoms with Crippen LogP contribution in [0.2, 0.25) is 10.0 Å². The van der Waals surface area contributed by atoms with Crippen LogP contribution in [0.15, 0.2) is 42.5 Å². The fourth-order valence-corrected chi connectivity index (χ4v) is 4.33. The number of hydrogen-bond acceptors (Lipinski definition) is 3. The van der Waals surface area contributed by atoms with Crippen LogP contribution in [-0.2, 0) is 0 Å². The van der Waals surface area contributed by atoms with E-state index in [1.165, 1.54) is 0 Å². The Morgan fingerprint density at radius 2 is 2.04 bits per heavy atom. The first-order valence-electron chi connectivity index (χ1n) is 7.12. The van der Waals surface area contributed by atoms with Crippen molar-refractivity contribution < 1.29 is 9.53 Å². The summed E-state index contributed by atoms with van der Waals surface area (Å²) in [7, 11) is 1.59. The highest BCUT2D eigenvalue weighted by molar-refractivity contribution is 7.99. The zero-order valence-corrected chi connectivity index (χ0v) is 14.8. The van der Waals surface area contributed by atoms with Crippen LogP contribution in [0.25, 0.3) is 0 Å². The van der Waals surface area contributed by atoms with Crippen molar-refractivity contribution in [1.29, 1.82) is 0 Å². The maximum absolute atomic E-state index is 12.9. The molecule has 0 radical (unpaired) electrons. The van der Waals surface area contributed by atoms with Crippen LogP contribution in [0.4, 0.5) is 0 Å². The Morgan fingerprint density at radius 1 is 1.26 bits per heavy atom. The quantitative estimate of drug-likeness (QED) is 0.773. The minimum Gasteiger partial charge on any atom is -0.497 e. The molecule has 1 amide bonds. The van der Waals surface area contributed by atoms with Gasteiger partial charge >= 0.3 is 0 Å². The summed E-state index contributed by atoms with van der Waals surface area (Å²) in [6, 6.07) is 12.7. The number of nitrogens with zero attached hydrogens (tertiary/aromatic N) is 1. The summed E-state index contributed by atoms with van der Waals surface area (Å²) >= 11 is 14.1. The second kappa shape index (κ2) is 7.04. The average Bonchev–Trinajstić information content (AvgIpc) is 3.06. The highest BCUT2D eigenvalue weighted by Crippen LogP contribution is 2.43. The van der Waals surface area contributed by atoms with E-state index in [1.807, 2.05) is 29.2 Å². The Bertz CT molecular complexity index is 738. The molecule has 1 aliphatic heterocycles. The van der Waals surface area contributed by atoms with E-state index in [2.05, 4.69) is 0 Å². The van der Waals surface area contributed by atoms with E-state index < -0.39 is 0 Å². The van der Waals surface area contributed by atoms with E-state index in [1.54, 1.807) is 37.1 Å². The van der Waals surface area contributed by atoms with E-state index in [0.717, 1.165) is 11.3 Å². The number of benzene rings is 2. The summed E-state index contributed by atoms with van der Waals surface area (Å²) in [5.74, 6) is 1.50. The molecule has 1 aliphatic rings. The van der Waals surface area contributed by atoms with Crippen molar-refractivity contribution in [3.63, 3.8) is 0 Å². The lowest BCUT2D eigenvalue weighted by Crippen LogP contribution is -2.30. The van der Waals surface area contributed by atoms with Crippen LogP contribution in [0.5, 0.6) is 5.75 Å². The first-order chi connectivity index (χ1) is 11.1. The summed E-state index contributed by atoms with van der Waals surface area (Å²) < 4.78 is 5.20. The molecule has 0 unspecified atom stereocenters. The van der Waals surface area contributed by atoms with Crippen molar-refractivity contribution in [2.24, 2.45) is 0 Å². The standard InChI is InChI=1S/C17H15Cl2NO2S/c1-22-12-5-2-4-11(10-12)16(21)20-8-9-23-17(20)13-6-3-7-14(18)15(13)19/h2-7,10,17H,8-9H2,1H3/t17-/m1/s1. The van der Waals surface area contributed by atoms with Gasteiger partial charge in [-0.05, 0) is 24.3 Å². The van der Waals surface area contributed by atoms with E-state index in [4.69, 9.17) is 27.9 Å². The van der Waals surface area contributed by atoms with Gasteiger partial charge in [-0.3, -0.25) is 4.79 Å². The number of hydrogen-bond donors (Lipinski definition) is 0. The summed E-state index contributed by atoms with van der Waals surface area (Å²) in [5, 5.41) is 0.891. The van der Waals surface area contributed by atoms with Crippen molar-refractivity contribution in [2.75, 3.05) is 19.4 Å². The van der Waals surface area contributed by atoms with Gasteiger partial charge in [0.1, 0.15) is 11.1 Å². The Kier molecular flexibility index (Phi) is 5.05. The largest absolute Gasteiger partial charge is 0.497 e. The Labute approximate surface area is 149 Å². The molecule has 23 heavy (non-hydrogen) atoms. The number of carbonyl (C=O) groups is 1. The molecular weight excluding hydrogens is 353 g/mol. The summed E-state index contributed by atoms with van der Waals surface area (Å²) in [6.45, 7) is 0.675. The first-order valence-corrected chi connectivity index (χ1v) is 8.93. The van der Waals surface area contributed by atoms with E-state index in [9.17, 15) is 4.79 Å². The van der Waals surface area contributed by atoms with Gasteiger partial charge in [0.05, 0.1) is 17.2 Å². The molecule has 6 heteroatoms. The van der Waals surface area contributed by atoms with Crippen LogP contribution in [0, 0.1) is 0 Å². The molecule has 1 saturated heterocycles. The monoisotopic (exact) mass is 367 g/mol. The second-order valence-corrected chi connectivity index (χ2v) is 7.07. The second-order valence-electron chi connectivity index (χ2n) is 5.10. The van der Waals surface area contributed by atoms with E-state index >= 15 is 0 Å². The maximum atomic E-state index is 12.9. The number of halogens is 2. The van der Waals surface area contributed by atoms with E-state index in [-0.39, 0.29) is 11.3 Å². The molecular formula is C17H15Cl2NO2S. The first kappa shape index (κ1) is 16.5. The fraction of sp³-hybridized carbons (Fsp3) is 0.235. The molecule has 0 bridgehead atoms. The topological polar surface area (TPSA) is 29.5 Å². The molecule has 0 saturated carbocycles. The van der Waals surface area contributed by atoms with Gasteiger partial charge in [0, 0.05) is 23.4 Å². The smallest absolute Gasteiger partial charge is 0.255 e. The summed E-state index contributed by atoms with van der Waals surface area (Å²) in [4.78, 5) is 14.7. The van der Waals surface area contributed by atoms with Gasteiger partial charge in [-0.2, -0.15) is 0 Å². The number of amides is 1. The minimum absolute atomic E-state index is 0.0325. The van der Waals surface area contributed by atoms with Crippen molar-refractivity contribution in [1.82, 2.24) is 4.90 Å². The lowest BCUT2D eigenvalue weighted by molar-refractivity contribution is 0.0760. The van der Waals surface area contributed by atoms with Crippen LogP contribution < -0.4 is 4.74 Å². The zero-order chi connectivity index (χ0) is 16.4. The molecule has 1 atom stereocenters. The van der Waals surface area contributed by atoms with Gasteiger partial charge in [0.2, 0.25) is 0 Å². The summed E-state index contributed by atoms with van der Waals surface area (Å²) in [5.41, 5.74) is 1.48. The predicted molar refractivity (Wildman–Crippen MR) is 95.7 cm³/mol. The van der Waals surface area contributed by atoms with Gasteiger partial charge in [0.15, 0.2) is 0 Å². The van der Waals surface area contributed by atoms with Gasteiger partial charge in [0.25, 0.3) is 5.91 Å². The molecule has 0 spiro atoms. The third-order valence-electron chi connectivity index (χ3n) is 3.72. The molecule has 1 heterocycles. The lowest BCUT2D eigenvalue weighted by atomic mass is 10.1. The predicted octanol–water partition coefficient (Wildman–Crippen LogP) is 4.89. The molecule has 120 valence electrons. The zero-order valence-electron chi connectivity index (χ0n) is 12.5. The molecule has 2 aromatic rings. The molecule has 3 nitrogen and oxygen atoms in total. The third-order valence-corrected chi connectivity index (χ3v) is 5.79. The van der Waals surface area contributed by atoms with E-state index in [0.29, 0.717) is 27.9 Å². The van der Waals surface area contributed by atoms with Crippen molar-refractivity contribution in [3.8, 4) is 5.75 Å². The number of thioether (sulfide) groups is 1. The van der Waals surface area contributed by atoms with Gasteiger partial charge in [-0.1, -0.05) is 41.4 Å². The Morgan fingerprint density at radius 3 is 2.83 bits per heavy atom. The fourth-order valence-electron chi connectivity index (χ4n) is 2.57. The lowest BCUT2D eigenvalue weighted by Gasteiger charge is -2.25. The third kappa shape index (κ3) is 3.30. The Balaban J connectivity index is 1.92. The summed E-state index contributed by atoms with van der Waals surface area (Å²) in [6.07, 6.45) is 0. The molecule has 2 aromatic carbocycles. The van der Waals surface area contributed by atoms with Crippen LogP contribution in [0.3, 0.4) is 0 Å². The van der Waals surface area contributed by atoms with Crippen molar-refractivity contribution in [3.05, 3.63) is 63.6 Å². The average molecular weight is 368 g/mol. The number of methoxy groups -OCH3 is 1. The van der Waals surface area contributed by atoms with Crippen LogP contribution in [0.1, 0.15) is 21.3 Å². The Hall–Kier alpha value is -1.36. The number of ether oxygens (including phenoxy) is 1. The van der Waals surface area contributed by atoms with Gasteiger partial charge in [-0.15, -0.1) is 11.8 Å². The molecule has 0 N–H and O–H groups in total. The number of carbonyl (C=O) groups excluding carboxylic acids is 1. The van der Waals surface area contributed by atoms with Crippen molar-refractivity contribution >= 4 is 40.9 Å². The van der Waals surface area contributed by atoms with Crippen LogP contribution >= 0.6 is 35.0 Å². The molecule has 0 aliphatic carbocycles. The van der Waals surface area contributed by atoms with Gasteiger partial charge < -0.3 is 9.64 Å². The van der Waals surface area contributed by atoms with Crippen LogP contribution in [-0.4, -0.2) is 30.2 Å². The van der Waals surface area contributed by atoms with Gasteiger partial charge in [-0.25, -0.2) is 0 Å². The normalized spacial score (nSPS) is 17.3.